The topological polar surface area (TPSA) is 52.0 Å². The van der Waals surface area contributed by atoms with Crippen LogP contribution in [0.4, 0.5) is 0 Å². The molecule has 0 N–H and O–H groups in total. The Kier molecular flexibility index (Phi) is 5.15. The van der Waals surface area contributed by atoms with Crippen LogP contribution in [0.2, 0.25) is 0 Å². The number of fused-ring (bicyclic) bond motifs is 1. The Balaban J connectivity index is 1.84. The zero-order valence-corrected chi connectivity index (χ0v) is 17.1. The fourth-order valence-corrected chi connectivity index (χ4v) is 4.76. The first-order valence-electron chi connectivity index (χ1n) is 8.83. The normalized spacial score (nSPS) is 11.1. The van der Waals surface area contributed by atoms with Gasteiger partial charge in [-0.05, 0) is 49.1 Å². The van der Waals surface area contributed by atoms with Crippen molar-refractivity contribution in [2.24, 2.45) is 0 Å². The van der Waals surface area contributed by atoms with Gasteiger partial charge in [-0.1, -0.05) is 47.7 Å². The van der Waals surface area contributed by atoms with Crippen LogP contribution in [0.1, 0.15) is 20.8 Å². The van der Waals surface area contributed by atoms with E-state index in [2.05, 4.69) is 0 Å². The standard InChI is InChI=1S/C22H18N2O2S2/c1-14-9-10-18(15(2)12-14)24-21(26)16-6-3-4-7-17(16)23-22(24)28-13-19(25)20-8-5-11-27-20/h3-12H,13H2,1-2H3. The second kappa shape index (κ2) is 7.73. The molecule has 0 aliphatic rings. The summed E-state index contributed by atoms with van der Waals surface area (Å²) in [4.78, 5) is 31.2. The number of carbonyl (C=O) groups excluding carboxylic acids is 1. The van der Waals surface area contributed by atoms with Crippen LogP contribution in [0.25, 0.3) is 16.6 Å². The largest absolute Gasteiger partial charge is 0.292 e. The first-order valence-corrected chi connectivity index (χ1v) is 10.7. The average Bonchev–Trinajstić information content (AvgIpc) is 3.22. The number of aromatic nitrogens is 2. The van der Waals surface area contributed by atoms with Crippen LogP contribution in [0, 0.1) is 13.8 Å². The lowest BCUT2D eigenvalue weighted by molar-refractivity contribution is 0.102. The number of Topliss-reactive ketones (excluding diaryl/α,β-unsaturated/α-hetero) is 1. The van der Waals surface area contributed by atoms with Gasteiger partial charge < -0.3 is 0 Å². The third-order valence-corrected chi connectivity index (χ3v) is 6.32. The fourth-order valence-electron chi connectivity index (χ4n) is 3.12. The van der Waals surface area contributed by atoms with E-state index < -0.39 is 0 Å². The van der Waals surface area contributed by atoms with Gasteiger partial charge in [0, 0.05) is 0 Å². The lowest BCUT2D eigenvalue weighted by atomic mass is 10.1. The molecule has 2 aromatic carbocycles. The molecule has 4 rings (SSSR count). The van der Waals surface area contributed by atoms with Crippen LogP contribution >= 0.6 is 23.1 Å². The van der Waals surface area contributed by atoms with Crippen molar-refractivity contribution in [2.75, 3.05) is 5.75 Å². The van der Waals surface area contributed by atoms with E-state index in [1.54, 1.807) is 10.6 Å². The lowest BCUT2D eigenvalue weighted by Crippen LogP contribution is -2.23. The van der Waals surface area contributed by atoms with Crippen molar-refractivity contribution in [3.63, 3.8) is 0 Å². The maximum atomic E-state index is 13.3. The van der Waals surface area contributed by atoms with Gasteiger partial charge in [-0.25, -0.2) is 4.98 Å². The van der Waals surface area contributed by atoms with Crippen LogP contribution in [-0.4, -0.2) is 21.1 Å². The van der Waals surface area contributed by atoms with Gasteiger partial charge >= 0.3 is 0 Å². The highest BCUT2D eigenvalue weighted by Crippen LogP contribution is 2.25. The van der Waals surface area contributed by atoms with Gasteiger partial charge in [0.05, 0.1) is 27.2 Å². The van der Waals surface area contributed by atoms with Crippen molar-refractivity contribution in [1.82, 2.24) is 9.55 Å². The van der Waals surface area contributed by atoms with Gasteiger partial charge in [-0.3, -0.25) is 14.2 Å². The second-order valence-corrected chi connectivity index (χ2v) is 8.42. The van der Waals surface area contributed by atoms with Gasteiger partial charge in [-0.2, -0.15) is 0 Å². The summed E-state index contributed by atoms with van der Waals surface area (Å²) in [6, 6.07) is 17.0. The molecule has 140 valence electrons. The molecular weight excluding hydrogens is 388 g/mol. The van der Waals surface area contributed by atoms with Gasteiger partial charge in [0.25, 0.3) is 5.56 Å². The van der Waals surface area contributed by atoms with Crippen LogP contribution < -0.4 is 5.56 Å². The molecule has 0 bridgehead atoms. The fraction of sp³-hybridized carbons (Fsp3) is 0.136. The zero-order valence-electron chi connectivity index (χ0n) is 15.5. The van der Waals surface area contributed by atoms with E-state index in [4.69, 9.17) is 4.98 Å². The maximum absolute atomic E-state index is 13.3. The second-order valence-electron chi connectivity index (χ2n) is 6.53. The summed E-state index contributed by atoms with van der Waals surface area (Å²) in [7, 11) is 0. The van der Waals surface area contributed by atoms with Crippen LogP contribution in [0.15, 0.2) is 69.9 Å². The average molecular weight is 407 g/mol. The summed E-state index contributed by atoms with van der Waals surface area (Å²) in [5.41, 5.74) is 3.43. The summed E-state index contributed by atoms with van der Waals surface area (Å²) in [5, 5.41) is 2.98. The summed E-state index contributed by atoms with van der Waals surface area (Å²) >= 11 is 2.72. The zero-order chi connectivity index (χ0) is 19.7. The number of hydrogen-bond donors (Lipinski definition) is 0. The maximum Gasteiger partial charge on any atom is 0.266 e. The molecule has 0 radical (unpaired) electrons. The molecule has 0 atom stereocenters. The van der Waals surface area contributed by atoms with Crippen LogP contribution in [-0.2, 0) is 0 Å². The lowest BCUT2D eigenvalue weighted by Gasteiger charge is -2.15. The molecule has 0 saturated carbocycles. The number of carbonyl (C=O) groups is 1. The summed E-state index contributed by atoms with van der Waals surface area (Å²) in [6.07, 6.45) is 0. The Hall–Kier alpha value is -2.70. The quantitative estimate of drug-likeness (QED) is 0.265. The molecule has 4 aromatic rings. The molecule has 2 aromatic heterocycles. The SMILES string of the molecule is Cc1ccc(-n2c(SCC(=O)c3cccs3)nc3ccccc3c2=O)c(C)c1. The van der Waals surface area contributed by atoms with E-state index in [9.17, 15) is 9.59 Å². The Morgan fingerprint density at radius 2 is 1.93 bits per heavy atom. The first-order chi connectivity index (χ1) is 13.5. The first kappa shape index (κ1) is 18.7. The van der Waals surface area contributed by atoms with Crippen molar-refractivity contribution in [2.45, 2.75) is 19.0 Å². The van der Waals surface area contributed by atoms with Gasteiger partial charge in [-0.15, -0.1) is 11.3 Å². The molecular formula is C22H18N2O2S2. The molecule has 4 nitrogen and oxygen atoms in total. The Morgan fingerprint density at radius 1 is 1.11 bits per heavy atom. The molecule has 0 unspecified atom stereocenters. The molecule has 0 saturated heterocycles. The van der Waals surface area contributed by atoms with Crippen molar-refractivity contribution in [3.8, 4) is 5.69 Å². The Labute approximate surface area is 170 Å². The van der Waals surface area contributed by atoms with Crippen LogP contribution in [0.5, 0.6) is 0 Å². The summed E-state index contributed by atoms with van der Waals surface area (Å²) < 4.78 is 1.63. The van der Waals surface area contributed by atoms with Gasteiger partial charge in [0.1, 0.15) is 0 Å². The predicted molar refractivity (Wildman–Crippen MR) is 116 cm³/mol. The van der Waals surface area contributed by atoms with Gasteiger partial charge in [0.2, 0.25) is 0 Å². The molecule has 28 heavy (non-hydrogen) atoms. The highest BCUT2D eigenvalue weighted by atomic mass is 32.2. The van der Waals surface area contributed by atoms with E-state index in [0.717, 1.165) is 16.8 Å². The smallest absolute Gasteiger partial charge is 0.266 e. The number of benzene rings is 2. The minimum atomic E-state index is -0.122. The number of thioether (sulfide) groups is 1. The molecule has 0 aliphatic carbocycles. The number of para-hydroxylation sites is 1. The molecule has 0 aliphatic heterocycles. The third kappa shape index (κ3) is 3.53. The predicted octanol–water partition coefficient (Wildman–Crippen LogP) is 5.04. The van der Waals surface area contributed by atoms with E-state index in [1.165, 1.54) is 23.1 Å². The van der Waals surface area contributed by atoms with Gasteiger partial charge in [0.15, 0.2) is 10.9 Å². The minimum absolute atomic E-state index is 0.0367. The Bertz CT molecular complexity index is 1230. The van der Waals surface area contributed by atoms with Crippen molar-refractivity contribution in [1.29, 1.82) is 0 Å². The molecule has 6 heteroatoms. The number of hydrogen-bond acceptors (Lipinski definition) is 5. The molecule has 0 fully saturated rings. The highest BCUT2D eigenvalue weighted by molar-refractivity contribution is 7.99. The van der Waals surface area contributed by atoms with Crippen molar-refractivity contribution >= 4 is 39.8 Å². The van der Waals surface area contributed by atoms with Crippen molar-refractivity contribution in [3.05, 3.63) is 86.3 Å². The van der Waals surface area contributed by atoms with Crippen LogP contribution in [0.3, 0.4) is 0 Å². The Morgan fingerprint density at radius 3 is 2.68 bits per heavy atom. The molecule has 2 heterocycles. The molecule has 0 spiro atoms. The number of ketones is 1. The monoisotopic (exact) mass is 406 g/mol. The van der Waals surface area contributed by atoms with E-state index >= 15 is 0 Å². The minimum Gasteiger partial charge on any atom is -0.292 e. The number of aryl methyl sites for hydroxylation is 2. The summed E-state index contributed by atoms with van der Waals surface area (Å²) in [6.45, 7) is 4.00. The van der Waals surface area contributed by atoms with Crippen molar-refractivity contribution < 1.29 is 4.79 Å². The van der Waals surface area contributed by atoms with E-state index in [-0.39, 0.29) is 17.1 Å². The van der Waals surface area contributed by atoms with E-state index in [1.807, 2.05) is 67.8 Å². The number of thiophene rings is 1. The number of rotatable bonds is 5. The summed E-state index contributed by atoms with van der Waals surface area (Å²) in [5.74, 6) is 0.269. The molecule has 0 amide bonds. The number of nitrogens with zero attached hydrogens (tertiary/aromatic N) is 2. The van der Waals surface area contributed by atoms with E-state index in [0.29, 0.717) is 20.9 Å². The third-order valence-electron chi connectivity index (χ3n) is 4.47. The highest BCUT2D eigenvalue weighted by Gasteiger charge is 2.17.